The molecule has 0 unspecified atom stereocenters. The molecule has 0 atom stereocenters. The van der Waals surface area contributed by atoms with Crippen LogP contribution < -0.4 is 0 Å². The molecule has 0 aromatic carbocycles. The zero-order valence-corrected chi connectivity index (χ0v) is 10.8. The summed E-state index contributed by atoms with van der Waals surface area (Å²) in [4.78, 5) is 29.3. The first-order valence-corrected chi connectivity index (χ1v) is 2.68. The van der Waals surface area contributed by atoms with Crippen molar-refractivity contribution in [2.75, 3.05) is 0 Å². The fourth-order valence-corrected chi connectivity index (χ4v) is 0. The van der Waals surface area contributed by atoms with Gasteiger partial charge < -0.3 is 19.2 Å². The van der Waals surface area contributed by atoms with Gasteiger partial charge in [-0.05, 0) is 0 Å². The van der Waals surface area contributed by atoms with E-state index in [0.717, 1.165) is 0 Å². The third-order valence-electron chi connectivity index (χ3n) is 0. The Bertz CT molecular complexity index is 27.2. The van der Waals surface area contributed by atoms with Crippen molar-refractivity contribution in [3.8, 4) is 0 Å². The second-order valence-corrected chi connectivity index (χ2v) is 1.80. The van der Waals surface area contributed by atoms with Crippen LogP contribution >= 0.6 is 9.90 Å². The van der Waals surface area contributed by atoms with E-state index >= 15 is 0 Å². The van der Waals surface area contributed by atoms with Crippen molar-refractivity contribution < 1.29 is 19.2 Å². The predicted octanol–water partition coefficient (Wildman–Crippen LogP) is -2.66. The van der Waals surface area contributed by atoms with E-state index < -0.39 is 9.05 Å². The van der Waals surface area contributed by atoms with Gasteiger partial charge in [0.25, 0.3) is 0 Å². The molecule has 0 aromatic rings. The average molecular weight is 336 g/mol. The van der Waals surface area contributed by atoms with Crippen molar-refractivity contribution in [3.63, 3.8) is 0 Å². The molecule has 4 nitrogen and oxygen atoms in total. The van der Waals surface area contributed by atoms with Crippen molar-refractivity contribution in [2.45, 2.75) is 0 Å². The first-order valence-electron chi connectivity index (χ1n) is 0.894. The fraction of sp³-hybridized carbons (Fsp3) is 0. The monoisotopic (exact) mass is 337 g/mol. The van der Waals surface area contributed by atoms with Gasteiger partial charge in [-0.1, -0.05) is 0 Å². The van der Waals surface area contributed by atoms with Crippen molar-refractivity contribution in [1.82, 2.24) is 0 Å². The maximum atomic E-state index is 7.33. The molecule has 7 heavy (non-hydrogen) atoms. The van der Waals surface area contributed by atoms with Crippen molar-refractivity contribution in [3.05, 3.63) is 0 Å². The Morgan fingerprint density at radius 2 is 0.857 bits per heavy atom. The molecule has 0 saturated carbocycles. The molecule has 0 heterocycles. The first-order chi connectivity index (χ1) is 2.00. The summed E-state index contributed by atoms with van der Waals surface area (Å²) in [6.45, 7) is 0. The summed E-state index contributed by atoms with van der Waals surface area (Å²) >= 11 is 0. The van der Waals surface area contributed by atoms with Crippen LogP contribution in [0.3, 0.4) is 0 Å². The topological polar surface area (TPSA) is 80.9 Å². The Labute approximate surface area is 65.5 Å². The Balaban J connectivity index is -0.0000000800. The molecule has 7 heteroatoms. The quantitative estimate of drug-likeness (QED) is 0.288. The molecule has 0 saturated heterocycles. The summed E-state index contributed by atoms with van der Waals surface area (Å²) < 4.78 is 0. The van der Waals surface area contributed by atoms with Crippen molar-refractivity contribution in [1.29, 1.82) is 0 Å². The summed E-state index contributed by atoms with van der Waals surface area (Å²) in [5, 5.41) is 0. The van der Waals surface area contributed by atoms with Crippen LogP contribution in [0.5, 0.6) is 0 Å². The minimum absolute atomic E-state index is 0. The predicted molar refractivity (Wildman–Crippen MR) is 30.1 cm³/mol. The Kier molecular flexibility index (Phi) is 12.5. The SMILES string of the molecule is O[Si](O)(O)O.[P].[PbH2]. The Hall–Kier alpha value is 1.41. The fourth-order valence-electron chi connectivity index (χ4n) is 0. The van der Waals surface area contributed by atoms with E-state index in [1.54, 1.807) is 0 Å². The molecule has 0 aliphatic rings. The van der Waals surface area contributed by atoms with E-state index in [0.29, 0.717) is 0 Å². The van der Waals surface area contributed by atoms with E-state index in [1.807, 2.05) is 0 Å². The van der Waals surface area contributed by atoms with Gasteiger partial charge in [-0.2, -0.15) is 0 Å². The molecule has 0 bridgehead atoms. The van der Waals surface area contributed by atoms with Gasteiger partial charge in [-0.25, -0.2) is 0 Å². The molecule has 0 aromatic heterocycles. The van der Waals surface area contributed by atoms with Crippen LogP contribution in [0.15, 0.2) is 0 Å². The molecular weight excluding hydrogens is 330 g/mol. The Morgan fingerprint density at radius 3 is 0.857 bits per heavy atom. The van der Waals surface area contributed by atoms with Gasteiger partial charge >= 0.3 is 36.3 Å². The van der Waals surface area contributed by atoms with Gasteiger partial charge in [0, 0.05) is 9.90 Å². The van der Waals surface area contributed by atoms with Gasteiger partial charge in [0.15, 0.2) is 0 Å². The van der Waals surface area contributed by atoms with Crippen LogP contribution in [0.1, 0.15) is 0 Å². The zero-order valence-electron chi connectivity index (χ0n) is 3.44. The third kappa shape index (κ3) is 109. The van der Waals surface area contributed by atoms with Gasteiger partial charge in [0.1, 0.15) is 0 Å². The normalized spacial score (nSPS) is 8.57. The molecule has 5 radical (unpaired) electrons. The molecule has 0 fully saturated rings. The van der Waals surface area contributed by atoms with E-state index in [2.05, 4.69) is 0 Å². The van der Waals surface area contributed by atoms with E-state index in [4.69, 9.17) is 19.2 Å². The van der Waals surface area contributed by atoms with Crippen molar-refractivity contribution >= 4 is 46.2 Å². The van der Waals surface area contributed by atoms with Crippen LogP contribution in [0.2, 0.25) is 0 Å². The number of hydrogen-bond acceptors (Lipinski definition) is 4. The Morgan fingerprint density at radius 1 is 0.857 bits per heavy atom. The molecule has 0 spiro atoms. The van der Waals surface area contributed by atoms with Crippen molar-refractivity contribution in [2.24, 2.45) is 0 Å². The van der Waals surface area contributed by atoms with Crippen LogP contribution in [-0.2, 0) is 0 Å². The molecule has 43 valence electrons. The van der Waals surface area contributed by atoms with E-state index in [-0.39, 0.29) is 37.2 Å². The molecule has 0 amide bonds. The van der Waals surface area contributed by atoms with E-state index in [1.165, 1.54) is 0 Å². The molecule has 0 rings (SSSR count). The van der Waals surface area contributed by atoms with Crippen LogP contribution in [0, 0.1) is 0 Å². The molecule has 0 aliphatic heterocycles. The zero-order chi connectivity index (χ0) is 4.50. The minimum atomic E-state index is -4.61. The molecule has 4 N–H and O–H groups in total. The van der Waals surface area contributed by atoms with Crippen LogP contribution in [-0.4, -0.2) is 55.5 Å². The van der Waals surface area contributed by atoms with Gasteiger partial charge in [0.2, 0.25) is 0 Å². The second-order valence-electron chi connectivity index (χ2n) is 0.600. The van der Waals surface area contributed by atoms with Gasteiger partial charge in [-0.15, -0.1) is 0 Å². The first kappa shape index (κ1) is 15.8. The maximum absolute atomic E-state index is 7.33. The number of hydrogen-bond donors (Lipinski definition) is 4. The van der Waals surface area contributed by atoms with Gasteiger partial charge in [-0.3, -0.25) is 0 Å². The summed E-state index contributed by atoms with van der Waals surface area (Å²) in [6.07, 6.45) is 0. The summed E-state index contributed by atoms with van der Waals surface area (Å²) in [5.74, 6) is 0. The molecule has 0 aliphatic carbocycles. The summed E-state index contributed by atoms with van der Waals surface area (Å²) in [6, 6.07) is 0. The molecular formula is H6O4PPbSi. The van der Waals surface area contributed by atoms with E-state index in [9.17, 15) is 0 Å². The summed E-state index contributed by atoms with van der Waals surface area (Å²) in [7, 11) is -4.61. The average Bonchev–Trinajstić information content (AvgIpc) is 0.722. The standard InChI is InChI=1S/H4O4Si.P.Pb.2H/c1-5(2,3)4;;;;/h1-4H;;;;. The van der Waals surface area contributed by atoms with Crippen LogP contribution in [0.25, 0.3) is 0 Å². The third-order valence-corrected chi connectivity index (χ3v) is 0. The van der Waals surface area contributed by atoms with Crippen LogP contribution in [0.4, 0.5) is 0 Å². The van der Waals surface area contributed by atoms with Gasteiger partial charge in [0.05, 0.1) is 0 Å². The summed E-state index contributed by atoms with van der Waals surface area (Å²) in [5.41, 5.74) is 0. The number of rotatable bonds is 0. The second kappa shape index (κ2) is 5.54.